The van der Waals surface area contributed by atoms with Crippen molar-refractivity contribution in [3.63, 3.8) is 0 Å². The average molecular weight is 291 g/mol. The minimum Gasteiger partial charge on any atom is -0.384 e. The third kappa shape index (κ3) is 3.92. The van der Waals surface area contributed by atoms with Crippen molar-refractivity contribution in [3.8, 4) is 0 Å². The summed E-state index contributed by atoms with van der Waals surface area (Å²) in [5, 5.41) is 0. The van der Waals surface area contributed by atoms with Crippen LogP contribution in [0.25, 0.3) is 0 Å². The van der Waals surface area contributed by atoms with Gasteiger partial charge in [0.2, 0.25) is 0 Å². The molecule has 1 aliphatic heterocycles. The van der Waals surface area contributed by atoms with Gasteiger partial charge >= 0.3 is 0 Å². The Labute approximate surface area is 126 Å². The smallest absolute Gasteiger partial charge is 0.255 e. The van der Waals surface area contributed by atoms with E-state index in [1.54, 1.807) is 17.0 Å². The number of nitrogens with two attached hydrogens (primary N) is 1. The van der Waals surface area contributed by atoms with Crippen LogP contribution < -0.4 is 16.6 Å². The summed E-state index contributed by atoms with van der Waals surface area (Å²) in [6.45, 7) is 5.13. The minimum atomic E-state index is -0.00808. The number of carbonyl (C=O) groups is 1. The van der Waals surface area contributed by atoms with Crippen LogP contribution >= 0.6 is 0 Å². The first-order chi connectivity index (χ1) is 9.99. The molecule has 0 bridgehead atoms. The van der Waals surface area contributed by atoms with Crippen molar-refractivity contribution in [1.82, 2.24) is 20.7 Å². The summed E-state index contributed by atoms with van der Waals surface area (Å²) in [7, 11) is 1.83. The summed E-state index contributed by atoms with van der Waals surface area (Å²) in [6, 6.07) is 4.32. The van der Waals surface area contributed by atoms with Crippen LogP contribution in [0, 0.1) is 5.92 Å². The maximum absolute atomic E-state index is 12.2. The number of nitrogens with zero attached hydrogens (tertiary/aromatic N) is 2. The van der Waals surface area contributed by atoms with Gasteiger partial charge in [-0.1, -0.05) is 0 Å². The van der Waals surface area contributed by atoms with E-state index in [0.29, 0.717) is 29.4 Å². The molecule has 2 heterocycles. The quantitative estimate of drug-likeness (QED) is 0.754. The maximum Gasteiger partial charge on any atom is 0.255 e. The molecule has 6 nitrogen and oxygen atoms in total. The predicted molar refractivity (Wildman–Crippen MR) is 83.5 cm³/mol. The van der Waals surface area contributed by atoms with Crippen LogP contribution in [0.15, 0.2) is 18.3 Å². The lowest BCUT2D eigenvalue weighted by atomic mass is 9.91. The van der Waals surface area contributed by atoms with Crippen molar-refractivity contribution >= 4 is 11.7 Å². The van der Waals surface area contributed by atoms with Crippen molar-refractivity contribution < 1.29 is 4.79 Å². The number of rotatable bonds is 5. The molecule has 116 valence electrons. The number of aromatic nitrogens is 1. The number of anilines is 1. The largest absolute Gasteiger partial charge is 0.384 e. The van der Waals surface area contributed by atoms with Gasteiger partial charge in [-0.25, -0.2) is 4.98 Å². The number of pyridine rings is 1. The Morgan fingerprint density at radius 3 is 2.57 bits per heavy atom. The van der Waals surface area contributed by atoms with Crippen molar-refractivity contribution in [2.45, 2.75) is 38.8 Å². The molecule has 1 amide bonds. The van der Waals surface area contributed by atoms with Crippen LogP contribution in [0.5, 0.6) is 0 Å². The van der Waals surface area contributed by atoms with Gasteiger partial charge in [0.05, 0.1) is 5.56 Å². The maximum atomic E-state index is 12.2. The second-order valence-electron chi connectivity index (χ2n) is 5.87. The minimum absolute atomic E-state index is 0.00808. The highest BCUT2D eigenvalue weighted by Crippen LogP contribution is 2.20. The first-order valence-corrected chi connectivity index (χ1v) is 7.47. The lowest BCUT2D eigenvalue weighted by molar-refractivity contribution is 0.0790. The zero-order valence-electron chi connectivity index (χ0n) is 13.0. The highest BCUT2D eigenvalue weighted by atomic mass is 16.2. The van der Waals surface area contributed by atoms with Crippen molar-refractivity contribution in [2.75, 3.05) is 19.3 Å². The van der Waals surface area contributed by atoms with E-state index < -0.39 is 0 Å². The number of hydrogen-bond donors (Lipinski definition) is 3. The second-order valence-corrected chi connectivity index (χ2v) is 5.87. The Morgan fingerprint density at radius 1 is 1.33 bits per heavy atom. The third-order valence-electron chi connectivity index (χ3n) is 4.23. The third-order valence-corrected chi connectivity index (χ3v) is 4.23. The Kier molecular flexibility index (Phi) is 5.14. The summed E-state index contributed by atoms with van der Waals surface area (Å²) in [6.07, 6.45) is 3.62. The molecule has 0 radical (unpaired) electrons. The molecule has 0 aromatic carbocycles. The van der Waals surface area contributed by atoms with Crippen molar-refractivity contribution in [1.29, 1.82) is 0 Å². The van der Waals surface area contributed by atoms with Gasteiger partial charge in [0.1, 0.15) is 5.82 Å². The van der Waals surface area contributed by atoms with E-state index in [2.05, 4.69) is 29.7 Å². The molecule has 1 saturated heterocycles. The van der Waals surface area contributed by atoms with Crippen LogP contribution in [0.3, 0.4) is 0 Å². The van der Waals surface area contributed by atoms with Crippen molar-refractivity contribution in [3.05, 3.63) is 23.9 Å². The molecule has 4 N–H and O–H groups in total. The predicted octanol–water partition coefficient (Wildman–Crippen LogP) is 1.02. The molecule has 2 rings (SSSR count). The standard InChI is InChI=1S/C15H25N5O/c1-10-13(11(2)19-18-10)5-4-8-20(3)15(21)12-6-7-14(16)17-9-12/h6-7,9-11,13,18-19H,4-5,8H2,1-3H3,(H2,16,17). The van der Waals surface area contributed by atoms with Gasteiger partial charge in [-0.15, -0.1) is 0 Å². The number of nitrogens with one attached hydrogen (secondary N) is 2. The Hall–Kier alpha value is -1.66. The van der Waals surface area contributed by atoms with E-state index in [9.17, 15) is 4.79 Å². The molecule has 1 aromatic heterocycles. The zero-order chi connectivity index (χ0) is 15.4. The number of hydrogen-bond acceptors (Lipinski definition) is 5. The lowest BCUT2D eigenvalue weighted by Crippen LogP contribution is -2.30. The van der Waals surface area contributed by atoms with Crippen LogP contribution in [0.2, 0.25) is 0 Å². The highest BCUT2D eigenvalue weighted by Gasteiger charge is 2.29. The van der Waals surface area contributed by atoms with E-state index in [0.717, 1.165) is 19.4 Å². The average Bonchev–Trinajstić information content (AvgIpc) is 2.79. The first kappa shape index (κ1) is 15.7. The SMILES string of the molecule is CC1NNC(C)C1CCCN(C)C(=O)c1ccc(N)nc1. The van der Waals surface area contributed by atoms with Gasteiger partial charge in [-0.2, -0.15) is 0 Å². The van der Waals surface area contributed by atoms with Crippen molar-refractivity contribution in [2.24, 2.45) is 5.92 Å². The topological polar surface area (TPSA) is 83.3 Å². The molecule has 1 fully saturated rings. The molecule has 21 heavy (non-hydrogen) atoms. The molecular formula is C15H25N5O. The Balaban J connectivity index is 1.80. The fraction of sp³-hybridized carbons (Fsp3) is 0.600. The summed E-state index contributed by atoms with van der Waals surface area (Å²) in [4.78, 5) is 17.9. The molecule has 2 unspecified atom stereocenters. The van der Waals surface area contributed by atoms with E-state index >= 15 is 0 Å². The number of nitrogen functional groups attached to an aromatic ring is 1. The first-order valence-electron chi connectivity index (χ1n) is 7.47. The van der Waals surface area contributed by atoms with E-state index in [1.807, 2.05) is 7.05 Å². The number of amides is 1. The summed E-state index contributed by atoms with van der Waals surface area (Å²) in [5.74, 6) is 1.02. The van der Waals surface area contributed by atoms with Crippen LogP contribution in [-0.2, 0) is 0 Å². The molecule has 6 heteroatoms. The molecule has 1 aliphatic rings. The molecular weight excluding hydrogens is 266 g/mol. The zero-order valence-corrected chi connectivity index (χ0v) is 13.0. The fourth-order valence-electron chi connectivity index (χ4n) is 2.83. The van der Waals surface area contributed by atoms with E-state index in [4.69, 9.17) is 5.73 Å². The Morgan fingerprint density at radius 2 is 2.00 bits per heavy atom. The van der Waals surface area contributed by atoms with Gasteiger partial charge in [0, 0.05) is 31.9 Å². The number of hydrazine groups is 1. The summed E-state index contributed by atoms with van der Waals surface area (Å²) >= 11 is 0. The molecule has 0 spiro atoms. The van der Waals surface area contributed by atoms with E-state index in [1.165, 1.54) is 6.20 Å². The van der Waals surface area contributed by atoms with Crippen LogP contribution in [0.1, 0.15) is 37.0 Å². The van der Waals surface area contributed by atoms with Gasteiger partial charge in [0.25, 0.3) is 5.91 Å². The molecule has 1 aromatic rings. The fourth-order valence-corrected chi connectivity index (χ4v) is 2.83. The number of carbonyl (C=O) groups excluding carboxylic acids is 1. The van der Waals surface area contributed by atoms with Gasteiger partial charge < -0.3 is 10.6 Å². The van der Waals surface area contributed by atoms with E-state index in [-0.39, 0.29) is 5.91 Å². The molecule has 2 atom stereocenters. The normalized spacial score (nSPS) is 25.0. The van der Waals surface area contributed by atoms with Crippen LogP contribution in [0.4, 0.5) is 5.82 Å². The summed E-state index contributed by atoms with van der Waals surface area (Å²) in [5.41, 5.74) is 12.6. The Bertz CT molecular complexity index is 465. The highest BCUT2D eigenvalue weighted by molar-refractivity contribution is 5.93. The monoisotopic (exact) mass is 291 g/mol. The van der Waals surface area contributed by atoms with Crippen LogP contribution in [-0.4, -0.2) is 41.5 Å². The molecule has 0 saturated carbocycles. The van der Waals surface area contributed by atoms with Gasteiger partial charge in [-0.05, 0) is 44.7 Å². The van der Waals surface area contributed by atoms with Gasteiger partial charge in [-0.3, -0.25) is 15.6 Å². The second kappa shape index (κ2) is 6.87. The molecule has 0 aliphatic carbocycles. The summed E-state index contributed by atoms with van der Waals surface area (Å²) < 4.78 is 0. The lowest BCUT2D eigenvalue weighted by Gasteiger charge is -2.21. The van der Waals surface area contributed by atoms with Gasteiger partial charge in [0.15, 0.2) is 0 Å².